The van der Waals surface area contributed by atoms with Crippen molar-refractivity contribution in [1.82, 2.24) is 4.90 Å². The van der Waals surface area contributed by atoms with Crippen molar-refractivity contribution in [3.8, 4) is 0 Å². The molecule has 146 valence electrons. The lowest BCUT2D eigenvalue weighted by molar-refractivity contribution is -0.143. The molecule has 1 aliphatic carbocycles. The molecule has 1 aromatic rings. The number of nitrogens with one attached hydrogen (secondary N) is 1. The maximum atomic E-state index is 12.8. The monoisotopic (exact) mass is 382 g/mol. The number of halogens is 6. The molecule has 0 radical (unpaired) electrons. The lowest BCUT2D eigenvalue weighted by atomic mass is 9.94. The molecule has 26 heavy (non-hydrogen) atoms. The van der Waals surface area contributed by atoms with Gasteiger partial charge in [-0.2, -0.15) is 26.3 Å². The molecular weight excluding hydrogens is 362 g/mol. The normalized spacial score (nSPS) is 16.8. The summed E-state index contributed by atoms with van der Waals surface area (Å²) in [4.78, 5) is 13.9. The number of nitrogens with zero attached hydrogens (tertiary/aromatic N) is 1. The SMILES string of the molecule is CN(CC(=O)Nc1cc(C(F)(F)F)cc(C(F)(F)F)c1)C1CCCCC1. The summed E-state index contributed by atoms with van der Waals surface area (Å²) in [6, 6.07) is 1.24. The molecule has 0 heterocycles. The number of likely N-dealkylation sites (N-methyl/N-ethyl adjacent to an activating group) is 1. The van der Waals surface area contributed by atoms with Crippen LogP contribution in [0.5, 0.6) is 0 Å². The van der Waals surface area contributed by atoms with Crippen molar-refractivity contribution in [2.45, 2.75) is 50.5 Å². The summed E-state index contributed by atoms with van der Waals surface area (Å²) in [6.45, 7) is -0.0950. The highest BCUT2D eigenvalue weighted by atomic mass is 19.4. The highest BCUT2D eigenvalue weighted by Crippen LogP contribution is 2.37. The van der Waals surface area contributed by atoms with Crippen molar-refractivity contribution in [2.24, 2.45) is 0 Å². The van der Waals surface area contributed by atoms with Crippen LogP contribution in [0, 0.1) is 0 Å². The zero-order valence-corrected chi connectivity index (χ0v) is 14.2. The van der Waals surface area contributed by atoms with Gasteiger partial charge in [-0.3, -0.25) is 9.69 Å². The minimum atomic E-state index is -4.94. The fourth-order valence-electron chi connectivity index (χ4n) is 3.11. The molecule has 3 nitrogen and oxygen atoms in total. The first-order valence-corrected chi connectivity index (χ1v) is 8.26. The van der Waals surface area contributed by atoms with Gasteiger partial charge in [0.15, 0.2) is 0 Å². The average Bonchev–Trinajstić information content (AvgIpc) is 2.53. The van der Waals surface area contributed by atoms with E-state index >= 15 is 0 Å². The molecule has 1 aliphatic rings. The number of benzene rings is 1. The van der Waals surface area contributed by atoms with Gasteiger partial charge in [-0.05, 0) is 38.1 Å². The summed E-state index contributed by atoms with van der Waals surface area (Å²) in [7, 11) is 1.73. The first-order chi connectivity index (χ1) is 12.0. The van der Waals surface area contributed by atoms with Crippen LogP contribution >= 0.6 is 0 Å². The molecule has 0 atom stereocenters. The molecule has 0 aromatic heterocycles. The second-order valence-corrected chi connectivity index (χ2v) is 6.55. The third-order valence-corrected chi connectivity index (χ3v) is 4.46. The Morgan fingerprint density at radius 2 is 1.50 bits per heavy atom. The van der Waals surface area contributed by atoms with Crippen LogP contribution in [0.1, 0.15) is 43.2 Å². The predicted octanol–water partition coefficient (Wildman–Crippen LogP) is 4.93. The van der Waals surface area contributed by atoms with E-state index in [0.717, 1.165) is 32.1 Å². The van der Waals surface area contributed by atoms with Gasteiger partial charge >= 0.3 is 12.4 Å². The van der Waals surface area contributed by atoms with E-state index in [1.54, 1.807) is 11.9 Å². The predicted molar refractivity (Wildman–Crippen MR) is 84.6 cm³/mol. The molecule has 0 spiro atoms. The van der Waals surface area contributed by atoms with Crippen LogP contribution in [0.2, 0.25) is 0 Å². The average molecular weight is 382 g/mol. The fourth-order valence-corrected chi connectivity index (χ4v) is 3.11. The van der Waals surface area contributed by atoms with Gasteiger partial charge in [0.2, 0.25) is 5.91 Å². The summed E-state index contributed by atoms with van der Waals surface area (Å²) in [5, 5.41) is 2.16. The molecule has 1 amide bonds. The molecule has 1 fully saturated rings. The van der Waals surface area contributed by atoms with Crippen molar-refractivity contribution in [3.63, 3.8) is 0 Å². The van der Waals surface area contributed by atoms with Gasteiger partial charge < -0.3 is 5.32 Å². The number of carbonyl (C=O) groups is 1. The molecular formula is C17H20F6N2O. The zero-order chi connectivity index (χ0) is 19.5. The molecule has 2 rings (SSSR count). The van der Waals surface area contributed by atoms with Gasteiger partial charge in [0.05, 0.1) is 17.7 Å². The molecule has 0 aliphatic heterocycles. The summed E-state index contributed by atoms with van der Waals surface area (Å²) >= 11 is 0. The Balaban J connectivity index is 2.13. The number of hydrogen-bond acceptors (Lipinski definition) is 2. The van der Waals surface area contributed by atoms with Crippen LogP contribution in [0.3, 0.4) is 0 Å². The molecule has 9 heteroatoms. The fraction of sp³-hybridized carbons (Fsp3) is 0.588. The number of hydrogen-bond donors (Lipinski definition) is 1. The Labute approximate surface area is 147 Å². The van der Waals surface area contributed by atoms with E-state index in [2.05, 4.69) is 5.32 Å². The van der Waals surface area contributed by atoms with Crippen molar-refractivity contribution in [1.29, 1.82) is 0 Å². The number of alkyl halides is 6. The van der Waals surface area contributed by atoms with Crippen molar-refractivity contribution in [3.05, 3.63) is 29.3 Å². The van der Waals surface area contributed by atoms with Gasteiger partial charge in [-0.15, -0.1) is 0 Å². The molecule has 1 saturated carbocycles. The van der Waals surface area contributed by atoms with Gasteiger partial charge in [-0.25, -0.2) is 0 Å². The summed E-state index contributed by atoms with van der Waals surface area (Å²) in [5.74, 6) is -0.648. The minimum Gasteiger partial charge on any atom is -0.325 e. The second-order valence-electron chi connectivity index (χ2n) is 6.55. The number of amides is 1. The largest absolute Gasteiger partial charge is 0.416 e. The van der Waals surface area contributed by atoms with E-state index in [9.17, 15) is 31.1 Å². The van der Waals surface area contributed by atoms with E-state index in [1.807, 2.05) is 0 Å². The maximum Gasteiger partial charge on any atom is 0.416 e. The lowest BCUT2D eigenvalue weighted by Crippen LogP contribution is -2.39. The van der Waals surface area contributed by atoms with Crippen LogP contribution in [0.15, 0.2) is 18.2 Å². The van der Waals surface area contributed by atoms with Crippen molar-refractivity contribution < 1.29 is 31.1 Å². The lowest BCUT2D eigenvalue weighted by Gasteiger charge is -2.30. The quantitative estimate of drug-likeness (QED) is 0.749. The molecule has 0 bridgehead atoms. The van der Waals surface area contributed by atoms with Crippen LogP contribution < -0.4 is 5.32 Å². The van der Waals surface area contributed by atoms with Crippen molar-refractivity contribution >= 4 is 11.6 Å². The van der Waals surface area contributed by atoms with Gasteiger partial charge in [0, 0.05) is 11.7 Å². The first-order valence-electron chi connectivity index (χ1n) is 8.26. The molecule has 0 unspecified atom stereocenters. The van der Waals surface area contributed by atoms with Crippen molar-refractivity contribution in [2.75, 3.05) is 18.9 Å². The van der Waals surface area contributed by atoms with Crippen LogP contribution in [0.4, 0.5) is 32.0 Å². The third-order valence-electron chi connectivity index (χ3n) is 4.46. The highest BCUT2D eigenvalue weighted by molar-refractivity contribution is 5.92. The van der Waals surface area contributed by atoms with Crippen LogP contribution in [0.25, 0.3) is 0 Å². The Hall–Kier alpha value is -1.77. The standard InChI is InChI=1S/C17H20F6N2O/c1-25(14-5-3-2-4-6-14)10-15(26)24-13-8-11(16(18,19)20)7-12(9-13)17(21,22)23/h7-9,14H,2-6,10H2,1H3,(H,24,26). The van der Waals surface area contributed by atoms with Gasteiger partial charge in [0.1, 0.15) is 0 Å². The third kappa shape index (κ3) is 5.62. The van der Waals surface area contributed by atoms with Gasteiger partial charge in [-0.1, -0.05) is 19.3 Å². The van der Waals surface area contributed by atoms with E-state index in [4.69, 9.17) is 0 Å². The maximum absolute atomic E-state index is 12.8. The van der Waals surface area contributed by atoms with E-state index < -0.39 is 35.1 Å². The molecule has 1 N–H and O–H groups in total. The van der Waals surface area contributed by atoms with E-state index in [1.165, 1.54) is 0 Å². The van der Waals surface area contributed by atoms with Gasteiger partial charge in [0.25, 0.3) is 0 Å². The Kier molecular flexibility index (Phi) is 6.21. The first kappa shape index (κ1) is 20.5. The zero-order valence-electron chi connectivity index (χ0n) is 14.2. The van der Waals surface area contributed by atoms with E-state index in [-0.39, 0.29) is 18.7 Å². The summed E-state index contributed by atoms with van der Waals surface area (Å²) in [5.41, 5.74) is -3.43. The molecule has 0 saturated heterocycles. The smallest absolute Gasteiger partial charge is 0.325 e. The Morgan fingerprint density at radius 3 is 1.96 bits per heavy atom. The Morgan fingerprint density at radius 1 is 1.00 bits per heavy atom. The number of anilines is 1. The van der Waals surface area contributed by atoms with E-state index in [0.29, 0.717) is 12.1 Å². The second kappa shape index (κ2) is 7.85. The number of carbonyl (C=O) groups excluding carboxylic acids is 1. The number of rotatable bonds is 4. The Bertz CT molecular complexity index is 603. The summed E-state index contributed by atoms with van der Waals surface area (Å²) in [6.07, 6.45) is -4.84. The topological polar surface area (TPSA) is 32.3 Å². The highest BCUT2D eigenvalue weighted by Gasteiger charge is 2.37. The minimum absolute atomic E-state index is 0.0316. The summed E-state index contributed by atoms with van der Waals surface area (Å²) < 4.78 is 77.0. The van der Waals surface area contributed by atoms with Crippen LogP contribution in [-0.4, -0.2) is 30.4 Å². The van der Waals surface area contributed by atoms with Crippen LogP contribution in [-0.2, 0) is 17.1 Å². The molecule has 1 aromatic carbocycles.